The maximum Gasteiger partial charge on any atom is 0.333 e. The number of anilines is 6. The monoisotopic (exact) mass is 815 g/mol. The molecular weight excluding hydrogens is 781 g/mol. The van der Waals surface area contributed by atoms with Crippen LogP contribution in [-0.4, -0.2) is 11.3 Å². The number of hydrogen-bond donors (Lipinski definition) is 0. The second kappa shape index (κ2) is 12.6. The van der Waals surface area contributed by atoms with E-state index in [4.69, 9.17) is 8.83 Å². The summed E-state index contributed by atoms with van der Waals surface area (Å²) in [4.78, 5) is 4.82. The summed E-state index contributed by atoms with van der Waals surface area (Å²) in [7, 11) is 0. The van der Waals surface area contributed by atoms with Crippen LogP contribution in [0.2, 0.25) is 0 Å². The fraction of sp³-hybridized carbons (Fsp3) is 0. The molecule has 296 valence electrons. The van der Waals surface area contributed by atoms with Gasteiger partial charge in [0.2, 0.25) is 0 Å². The quantitative estimate of drug-likeness (QED) is 0.166. The third kappa shape index (κ3) is 4.43. The summed E-state index contributed by atoms with van der Waals surface area (Å²) >= 11 is 0. The Labute approximate surface area is 367 Å². The van der Waals surface area contributed by atoms with Crippen LogP contribution >= 0.6 is 0 Å². The number of benzene rings is 10. The summed E-state index contributed by atoms with van der Waals surface area (Å²) in [6.07, 6.45) is 0. The lowest BCUT2D eigenvalue weighted by Crippen LogP contribution is -2.56. The third-order valence-electron chi connectivity index (χ3n) is 13.9. The highest BCUT2D eigenvalue weighted by molar-refractivity contribution is 6.90. The van der Waals surface area contributed by atoms with Crippen molar-refractivity contribution in [3.05, 3.63) is 206 Å². The van der Waals surface area contributed by atoms with E-state index in [-0.39, 0.29) is 6.85 Å². The fourth-order valence-corrected chi connectivity index (χ4v) is 11.4. The van der Waals surface area contributed by atoms with Crippen molar-refractivity contribution in [1.82, 2.24) is 4.48 Å². The van der Waals surface area contributed by atoms with Crippen molar-refractivity contribution in [3.63, 3.8) is 0 Å². The summed E-state index contributed by atoms with van der Waals surface area (Å²) in [5.41, 5.74) is 17.1. The Balaban J connectivity index is 1.13. The summed E-state index contributed by atoms with van der Waals surface area (Å²) in [6, 6.07) is 74.5. The first-order valence-electron chi connectivity index (χ1n) is 22.0. The molecule has 0 bridgehead atoms. The van der Waals surface area contributed by atoms with Gasteiger partial charge in [-0.15, -0.1) is 0 Å². The van der Waals surface area contributed by atoms with Crippen molar-refractivity contribution in [1.29, 1.82) is 0 Å². The van der Waals surface area contributed by atoms with Crippen LogP contribution < -0.4 is 20.7 Å². The number of fused-ring (bicyclic) bond motifs is 16. The van der Waals surface area contributed by atoms with Gasteiger partial charge < -0.3 is 23.1 Å². The van der Waals surface area contributed by atoms with E-state index in [0.717, 1.165) is 78.0 Å². The number of para-hydroxylation sites is 6. The highest BCUT2D eigenvalue weighted by Crippen LogP contribution is 2.52. The zero-order valence-electron chi connectivity index (χ0n) is 34.4. The van der Waals surface area contributed by atoms with Crippen molar-refractivity contribution in [2.45, 2.75) is 0 Å². The normalized spacial score (nSPS) is 12.9. The van der Waals surface area contributed by atoms with Gasteiger partial charge in [-0.05, 0) is 87.9 Å². The van der Waals surface area contributed by atoms with Crippen molar-refractivity contribution < 1.29 is 8.83 Å². The minimum absolute atomic E-state index is 0.170. The Hall–Kier alpha value is -8.48. The molecule has 2 aliphatic rings. The number of aromatic nitrogens is 1. The molecule has 0 fully saturated rings. The predicted molar refractivity (Wildman–Crippen MR) is 267 cm³/mol. The molecular formula is C58H34BN3O2. The first-order valence-corrected chi connectivity index (χ1v) is 22.0. The molecule has 6 heteroatoms. The van der Waals surface area contributed by atoms with Crippen LogP contribution in [0, 0.1) is 0 Å². The van der Waals surface area contributed by atoms with Gasteiger partial charge in [-0.2, -0.15) is 0 Å². The van der Waals surface area contributed by atoms with Gasteiger partial charge in [-0.3, -0.25) is 0 Å². The van der Waals surface area contributed by atoms with Crippen molar-refractivity contribution in [2.75, 3.05) is 9.80 Å². The van der Waals surface area contributed by atoms with Crippen LogP contribution in [0.25, 0.3) is 87.6 Å². The second-order valence-electron chi connectivity index (χ2n) is 17.1. The standard InChI is InChI=1S/C58H34BN3O2/c1-3-16-36(17-4-1)60(37-18-5-2-6-19-37)38-30-31-45-48(33-38)61(47-26-14-23-41-40-21-9-11-27-50(40)64-58(41)47)49-34-52-54(42-22-10-12-28-51(42)63-52)55-44-25-13-24-43-53-39-20-8-7-15-35(39)29-32-46(53)62(57(43)44)59(45)56(49)55/h1-34H. The zero-order valence-corrected chi connectivity index (χ0v) is 34.4. The molecule has 0 aliphatic carbocycles. The maximum absolute atomic E-state index is 6.94. The van der Waals surface area contributed by atoms with Crippen LogP contribution in [0.1, 0.15) is 0 Å². The largest absolute Gasteiger partial charge is 0.456 e. The molecule has 5 heterocycles. The average Bonchev–Trinajstić information content (AvgIpc) is 4.04. The number of furan rings is 2. The molecule has 0 unspecified atom stereocenters. The van der Waals surface area contributed by atoms with E-state index in [1.165, 1.54) is 54.6 Å². The van der Waals surface area contributed by atoms with Crippen LogP contribution in [0.5, 0.6) is 0 Å². The molecule has 64 heavy (non-hydrogen) atoms. The van der Waals surface area contributed by atoms with Gasteiger partial charge in [0.15, 0.2) is 5.58 Å². The molecule has 0 saturated carbocycles. The SMILES string of the molecule is c1ccc(N(c2ccccc2)c2ccc3c(c2)N(c2cccc4c2oc2ccccc24)c2cc4oc5ccccc5c4c4c2B3n2c3ccc5ccccc5c3c3cccc-4c32)cc1. The van der Waals surface area contributed by atoms with E-state index in [0.29, 0.717) is 0 Å². The molecule has 0 N–H and O–H groups in total. The van der Waals surface area contributed by atoms with Gasteiger partial charge in [-0.25, -0.2) is 0 Å². The Bertz CT molecular complexity index is 4070. The van der Waals surface area contributed by atoms with Gasteiger partial charge in [0.1, 0.15) is 16.7 Å². The molecule has 0 radical (unpaired) electrons. The molecule has 2 aliphatic heterocycles. The van der Waals surface area contributed by atoms with E-state index in [1.54, 1.807) is 0 Å². The summed E-state index contributed by atoms with van der Waals surface area (Å²) in [5, 5.41) is 9.48. The number of nitrogens with zero attached hydrogens (tertiary/aromatic N) is 3. The predicted octanol–water partition coefficient (Wildman–Crippen LogP) is 14.6. The van der Waals surface area contributed by atoms with Crippen LogP contribution in [-0.2, 0) is 0 Å². The van der Waals surface area contributed by atoms with Crippen LogP contribution in [0.3, 0.4) is 0 Å². The molecule has 10 aromatic carbocycles. The van der Waals surface area contributed by atoms with E-state index in [1.807, 2.05) is 6.07 Å². The summed E-state index contributed by atoms with van der Waals surface area (Å²) in [6.45, 7) is -0.170. The van der Waals surface area contributed by atoms with Gasteiger partial charge in [0.05, 0.1) is 5.69 Å². The van der Waals surface area contributed by atoms with Crippen molar-refractivity contribution >= 4 is 128 Å². The van der Waals surface area contributed by atoms with Crippen molar-refractivity contribution in [2.24, 2.45) is 0 Å². The molecule has 0 atom stereocenters. The van der Waals surface area contributed by atoms with Gasteiger partial charge in [-0.1, -0.05) is 140 Å². The minimum atomic E-state index is -0.170. The lowest BCUT2D eigenvalue weighted by molar-refractivity contribution is 0.667. The van der Waals surface area contributed by atoms with E-state index >= 15 is 0 Å². The highest BCUT2D eigenvalue weighted by atomic mass is 16.3. The molecule has 3 aromatic heterocycles. The number of rotatable bonds is 4. The Morgan fingerprint density at radius 1 is 0.422 bits per heavy atom. The molecule has 0 amide bonds. The third-order valence-corrected chi connectivity index (χ3v) is 13.9. The molecule has 15 rings (SSSR count). The average molecular weight is 816 g/mol. The Morgan fingerprint density at radius 3 is 1.91 bits per heavy atom. The Kier molecular flexibility index (Phi) is 6.70. The highest BCUT2D eigenvalue weighted by Gasteiger charge is 2.45. The molecule has 13 aromatic rings. The topological polar surface area (TPSA) is 37.7 Å². The van der Waals surface area contributed by atoms with E-state index in [2.05, 4.69) is 214 Å². The zero-order chi connectivity index (χ0) is 41.6. The van der Waals surface area contributed by atoms with E-state index in [9.17, 15) is 0 Å². The summed E-state index contributed by atoms with van der Waals surface area (Å²) < 4.78 is 16.5. The first kappa shape index (κ1) is 34.2. The van der Waals surface area contributed by atoms with Gasteiger partial charge in [0.25, 0.3) is 0 Å². The minimum Gasteiger partial charge on any atom is -0.456 e. The molecule has 0 spiro atoms. The molecule has 0 saturated heterocycles. The fourth-order valence-electron chi connectivity index (χ4n) is 11.4. The van der Waals surface area contributed by atoms with Crippen molar-refractivity contribution in [3.8, 4) is 11.1 Å². The Morgan fingerprint density at radius 2 is 1.09 bits per heavy atom. The number of hydrogen-bond acceptors (Lipinski definition) is 4. The van der Waals surface area contributed by atoms with E-state index < -0.39 is 0 Å². The van der Waals surface area contributed by atoms with Crippen LogP contribution in [0.4, 0.5) is 34.1 Å². The smallest absolute Gasteiger partial charge is 0.333 e. The second-order valence-corrected chi connectivity index (χ2v) is 17.1. The molecule has 5 nitrogen and oxygen atoms in total. The van der Waals surface area contributed by atoms with Crippen LogP contribution in [0.15, 0.2) is 215 Å². The maximum atomic E-state index is 6.94. The van der Waals surface area contributed by atoms with Gasteiger partial charge >= 0.3 is 6.85 Å². The lowest BCUT2D eigenvalue weighted by atomic mass is 9.45. The summed E-state index contributed by atoms with van der Waals surface area (Å²) in [5.74, 6) is 0. The first-order chi connectivity index (χ1) is 31.8. The van der Waals surface area contributed by atoms with Gasteiger partial charge in [0, 0.05) is 83.4 Å². The lowest BCUT2D eigenvalue weighted by Gasteiger charge is -2.41.